The molecule has 2 heterocycles. The molecule has 6 heteroatoms. The second kappa shape index (κ2) is 5.79. The van der Waals surface area contributed by atoms with Crippen LogP contribution in [-0.4, -0.2) is 63.5 Å². The van der Waals surface area contributed by atoms with Crippen molar-refractivity contribution in [2.75, 3.05) is 13.1 Å². The van der Waals surface area contributed by atoms with Crippen molar-refractivity contribution in [3.63, 3.8) is 0 Å². The van der Waals surface area contributed by atoms with E-state index in [0.29, 0.717) is 19.6 Å². The average Bonchev–Trinajstić information content (AvgIpc) is 2.72. The lowest BCUT2D eigenvalue weighted by Crippen LogP contribution is -2.41. The first-order valence-corrected chi connectivity index (χ1v) is 7.56. The van der Waals surface area contributed by atoms with Gasteiger partial charge in [0.2, 0.25) is 0 Å². The SMILES string of the molecule is CC1(C)O[C@H]2[C@H](O1)[C@H](O)CN(Cc1ccc(O)cc1)C[C@H]2O. The molecular formula is C16H23NO5. The number of likely N-dealkylation sites (tertiary alicyclic amines) is 1. The van der Waals surface area contributed by atoms with Crippen molar-refractivity contribution < 1.29 is 24.8 Å². The highest BCUT2D eigenvalue weighted by atomic mass is 16.8. The minimum atomic E-state index is -0.781. The fourth-order valence-corrected chi connectivity index (χ4v) is 3.21. The number of aliphatic hydroxyl groups excluding tert-OH is 2. The number of hydrogen-bond donors (Lipinski definition) is 3. The Labute approximate surface area is 129 Å². The number of β-amino-alcohol motifs (C(OH)–C–C–N with tert-alkyl or cyclic N) is 2. The lowest BCUT2D eigenvalue weighted by atomic mass is 10.1. The van der Waals surface area contributed by atoms with E-state index in [0.717, 1.165) is 5.56 Å². The largest absolute Gasteiger partial charge is 0.508 e. The van der Waals surface area contributed by atoms with Crippen molar-refractivity contribution in [3.05, 3.63) is 29.8 Å². The van der Waals surface area contributed by atoms with Gasteiger partial charge in [-0.2, -0.15) is 0 Å². The van der Waals surface area contributed by atoms with Crippen LogP contribution in [0.3, 0.4) is 0 Å². The summed E-state index contributed by atoms with van der Waals surface area (Å²) in [6.07, 6.45) is -2.48. The zero-order valence-corrected chi connectivity index (χ0v) is 12.8. The maximum atomic E-state index is 10.4. The Bertz CT molecular complexity index is 496. The molecule has 0 saturated carbocycles. The summed E-state index contributed by atoms with van der Waals surface area (Å²) in [5.41, 5.74) is 1.01. The van der Waals surface area contributed by atoms with Gasteiger partial charge in [-0.05, 0) is 31.5 Å². The molecule has 3 rings (SSSR count). The molecule has 0 aliphatic carbocycles. The summed E-state index contributed by atoms with van der Waals surface area (Å²) in [4.78, 5) is 1.97. The topological polar surface area (TPSA) is 82.4 Å². The van der Waals surface area contributed by atoms with Gasteiger partial charge in [-0.3, -0.25) is 4.90 Å². The number of rotatable bonds is 2. The first kappa shape index (κ1) is 15.7. The summed E-state index contributed by atoms with van der Waals surface area (Å²) >= 11 is 0. The molecule has 2 aliphatic rings. The first-order valence-electron chi connectivity index (χ1n) is 7.56. The third-order valence-corrected chi connectivity index (χ3v) is 4.16. The van der Waals surface area contributed by atoms with Crippen LogP contribution in [-0.2, 0) is 16.0 Å². The standard InChI is InChI=1S/C16H23NO5/c1-16(2)21-14-12(19)8-17(9-13(20)15(14)22-16)7-10-3-5-11(18)6-4-10/h3-6,12-15,18-20H,7-9H2,1-2H3/t12-,13-,14-,15-/m1/s1. The van der Waals surface area contributed by atoms with E-state index in [4.69, 9.17) is 9.47 Å². The highest BCUT2D eigenvalue weighted by Gasteiger charge is 2.50. The second-order valence-electron chi connectivity index (χ2n) is 6.56. The van der Waals surface area contributed by atoms with Crippen molar-refractivity contribution in [2.45, 2.75) is 50.6 Å². The molecule has 4 atom stereocenters. The Kier molecular flexibility index (Phi) is 4.13. The van der Waals surface area contributed by atoms with Crippen LogP contribution >= 0.6 is 0 Å². The van der Waals surface area contributed by atoms with Crippen molar-refractivity contribution >= 4 is 0 Å². The predicted molar refractivity (Wildman–Crippen MR) is 79.2 cm³/mol. The molecular weight excluding hydrogens is 286 g/mol. The summed E-state index contributed by atoms with van der Waals surface area (Å²) in [6, 6.07) is 6.92. The molecule has 0 amide bonds. The van der Waals surface area contributed by atoms with Crippen LogP contribution in [0.4, 0.5) is 0 Å². The van der Waals surface area contributed by atoms with Gasteiger partial charge in [0.15, 0.2) is 5.79 Å². The molecule has 0 radical (unpaired) electrons. The van der Waals surface area contributed by atoms with Crippen molar-refractivity contribution in [1.82, 2.24) is 4.90 Å². The highest BCUT2D eigenvalue weighted by molar-refractivity contribution is 5.25. The highest BCUT2D eigenvalue weighted by Crippen LogP contribution is 2.34. The number of benzene rings is 1. The number of fused-ring (bicyclic) bond motifs is 1. The molecule has 0 spiro atoms. The fraction of sp³-hybridized carbons (Fsp3) is 0.625. The lowest BCUT2D eigenvalue weighted by Gasteiger charge is -2.26. The van der Waals surface area contributed by atoms with E-state index >= 15 is 0 Å². The van der Waals surface area contributed by atoms with Gasteiger partial charge in [0.05, 0.1) is 12.2 Å². The number of phenolic OH excluding ortho intramolecular Hbond substituents is 1. The van der Waals surface area contributed by atoms with Crippen LogP contribution in [0.1, 0.15) is 19.4 Å². The summed E-state index contributed by atoms with van der Waals surface area (Å²) in [6.45, 7) is 4.96. The normalized spacial score (nSPS) is 35.1. The third-order valence-electron chi connectivity index (χ3n) is 4.16. The molecule has 2 fully saturated rings. The maximum absolute atomic E-state index is 10.4. The van der Waals surface area contributed by atoms with Gasteiger partial charge in [-0.25, -0.2) is 0 Å². The van der Waals surface area contributed by atoms with Crippen molar-refractivity contribution in [1.29, 1.82) is 0 Å². The minimum Gasteiger partial charge on any atom is -0.508 e. The Balaban J connectivity index is 1.71. The smallest absolute Gasteiger partial charge is 0.164 e. The van der Waals surface area contributed by atoms with Crippen molar-refractivity contribution in [3.8, 4) is 5.75 Å². The molecule has 3 N–H and O–H groups in total. The van der Waals surface area contributed by atoms with Crippen LogP contribution in [0.5, 0.6) is 5.75 Å². The van der Waals surface area contributed by atoms with E-state index in [2.05, 4.69) is 0 Å². The van der Waals surface area contributed by atoms with Crippen LogP contribution < -0.4 is 0 Å². The average molecular weight is 309 g/mol. The van der Waals surface area contributed by atoms with Crippen molar-refractivity contribution in [2.24, 2.45) is 0 Å². The Morgan fingerprint density at radius 2 is 1.55 bits per heavy atom. The van der Waals surface area contributed by atoms with E-state index in [1.807, 2.05) is 17.0 Å². The fourth-order valence-electron chi connectivity index (χ4n) is 3.21. The number of aliphatic hydroxyl groups is 2. The summed E-state index contributed by atoms with van der Waals surface area (Å²) in [5.74, 6) is -0.561. The summed E-state index contributed by atoms with van der Waals surface area (Å²) < 4.78 is 11.5. The number of phenols is 1. The van der Waals surface area contributed by atoms with Gasteiger partial charge >= 0.3 is 0 Å². The molecule has 22 heavy (non-hydrogen) atoms. The first-order chi connectivity index (χ1) is 10.3. The minimum absolute atomic E-state index is 0.221. The van der Waals surface area contributed by atoms with Crippen LogP contribution in [0.2, 0.25) is 0 Å². The van der Waals surface area contributed by atoms with Gasteiger partial charge in [0, 0.05) is 19.6 Å². The Hall–Kier alpha value is -1.18. The number of aromatic hydroxyl groups is 1. The summed E-state index contributed by atoms with van der Waals surface area (Å²) in [5, 5.41) is 30.1. The van der Waals surface area contributed by atoms with Gasteiger partial charge in [-0.15, -0.1) is 0 Å². The molecule has 0 bridgehead atoms. The van der Waals surface area contributed by atoms with Gasteiger partial charge in [-0.1, -0.05) is 12.1 Å². The lowest BCUT2D eigenvalue weighted by molar-refractivity contribution is -0.165. The zero-order valence-electron chi connectivity index (χ0n) is 12.8. The van der Waals surface area contributed by atoms with Gasteiger partial charge in [0.25, 0.3) is 0 Å². The monoisotopic (exact) mass is 309 g/mol. The van der Waals surface area contributed by atoms with E-state index in [1.165, 1.54) is 0 Å². The molecule has 0 aromatic heterocycles. The molecule has 0 unspecified atom stereocenters. The number of hydrogen-bond acceptors (Lipinski definition) is 6. The quantitative estimate of drug-likeness (QED) is 0.736. The molecule has 1 aromatic carbocycles. The molecule has 2 saturated heterocycles. The van der Waals surface area contributed by atoms with Gasteiger partial charge < -0.3 is 24.8 Å². The van der Waals surface area contributed by atoms with Crippen LogP contribution in [0, 0.1) is 0 Å². The molecule has 1 aromatic rings. The molecule has 122 valence electrons. The predicted octanol–water partition coefficient (Wildman–Crippen LogP) is 0.450. The van der Waals surface area contributed by atoms with E-state index in [-0.39, 0.29) is 5.75 Å². The van der Waals surface area contributed by atoms with Gasteiger partial charge in [0.1, 0.15) is 18.0 Å². The van der Waals surface area contributed by atoms with Crippen LogP contribution in [0.15, 0.2) is 24.3 Å². The zero-order chi connectivity index (χ0) is 15.9. The number of nitrogens with zero attached hydrogens (tertiary/aromatic N) is 1. The number of ether oxygens (including phenoxy) is 2. The molecule has 6 nitrogen and oxygen atoms in total. The Morgan fingerprint density at radius 3 is 2.05 bits per heavy atom. The van der Waals surface area contributed by atoms with E-state index in [9.17, 15) is 15.3 Å². The van der Waals surface area contributed by atoms with E-state index < -0.39 is 30.2 Å². The van der Waals surface area contributed by atoms with Crippen LogP contribution in [0.25, 0.3) is 0 Å². The second-order valence-corrected chi connectivity index (χ2v) is 6.56. The molecule has 2 aliphatic heterocycles. The Morgan fingerprint density at radius 1 is 1.05 bits per heavy atom. The third kappa shape index (κ3) is 3.26. The maximum Gasteiger partial charge on any atom is 0.164 e. The summed E-state index contributed by atoms with van der Waals surface area (Å²) in [7, 11) is 0. The van der Waals surface area contributed by atoms with E-state index in [1.54, 1.807) is 26.0 Å².